The molecule has 0 aliphatic rings. The molecule has 0 aliphatic carbocycles. The standard InChI is InChI=1S/C21H17BrN2O2S/c1-3-12(2)24-19(13-7-6-8-14(22)11-13)23-20-17(21(24)26)18(25)15-9-4-5-10-16(15)27-20/h4-12H,3H2,1-2H3. The Morgan fingerprint density at radius 1 is 1.15 bits per heavy atom. The topological polar surface area (TPSA) is 52.0 Å². The zero-order valence-electron chi connectivity index (χ0n) is 14.9. The van der Waals surface area contributed by atoms with Crippen LogP contribution in [0.1, 0.15) is 26.3 Å². The van der Waals surface area contributed by atoms with E-state index in [0.29, 0.717) is 16.0 Å². The molecule has 0 spiro atoms. The number of benzene rings is 2. The fraction of sp³-hybridized carbons (Fsp3) is 0.190. The smallest absolute Gasteiger partial charge is 0.266 e. The SMILES string of the molecule is CCC(C)n1c(-c2cccc(Br)c2)nc2sc3ccccc3c(=O)c2c1=O. The third-order valence-electron chi connectivity index (χ3n) is 4.76. The van der Waals surface area contributed by atoms with Crippen LogP contribution in [0.5, 0.6) is 0 Å². The Morgan fingerprint density at radius 3 is 2.67 bits per heavy atom. The number of aromatic nitrogens is 2. The van der Waals surface area contributed by atoms with Crippen molar-refractivity contribution in [3.8, 4) is 11.4 Å². The van der Waals surface area contributed by atoms with Gasteiger partial charge in [-0.05, 0) is 37.6 Å². The van der Waals surface area contributed by atoms with Gasteiger partial charge in [0.15, 0.2) is 0 Å². The summed E-state index contributed by atoms with van der Waals surface area (Å²) < 4.78 is 3.41. The maximum absolute atomic E-state index is 13.4. The van der Waals surface area contributed by atoms with Crippen molar-refractivity contribution in [2.75, 3.05) is 0 Å². The van der Waals surface area contributed by atoms with Crippen LogP contribution in [0.2, 0.25) is 0 Å². The molecule has 0 saturated heterocycles. The van der Waals surface area contributed by atoms with E-state index in [4.69, 9.17) is 4.98 Å². The van der Waals surface area contributed by atoms with E-state index in [9.17, 15) is 9.59 Å². The van der Waals surface area contributed by atoms with Gasteiger partial charge in [-0.25, -0.2) is 4.98 Å². The molecule has 0 radical (unpaired) electrons. The molecule has 4 aromatic rings. The molecule has 1 unspecified atom stereocenters. The Balaban J connectivity index is 2.19. The van der Waals surface area contributed by atoms with E-state index in [1.807, 2.05) is 56.3 Å². The van der Waals surface area contributed by atoms with Crippen LogP contribution in [0.15, 0.2) is 62.6 Å². The molecular formula is C21H17BrN2O2S. The summed E-state index contributed by atoms with van der Waals surface area (Å²) in [5.41, 5.74) is 0.336. The Bertz CT molecular complexity index is 1290. The quantitative estimate of drug-likeness (QED) is 0.402. The van der Waals surface area contributed by atoms with Crippen LogP contribution < -0.4 is 11.0 Å². The average Bonchev–Trinajstić information content (AvgIpc) is 2.67. The predicted octanol–water partition coefficient (Wildman–Crippen LogP) is 5.37. The molecule has 0 N–H and O–H groups in total. The number of rotatable bonds is 3. The maximum Gasteiger partial charge on any atom is 0.266 e. The van der Waals surface area contributed by atoms with Crippen LogP contribution in [0.3, 0.4) is 0 Å². The zero-order valence-corrected chi connectivity index (χ0v) is 17.3. The van der Waals surface area contributed by atoms with Crippen molar-refractivity contribution in [2.45, 2.75) is 26.3 Å². The molecule has 2 aromatic heterocycles. The molecule has 4 rings (SSSR count). The van der Waals surface area contributed by atoms with Crippen LogP contribution >= 0.6 is 27.3 Å². The van der Waals surface area contributed by atoms with Crippen LogP contribution in [0.25, 0.3) is 31.7 Å². The second-order valence-electron chi connectivity index (χ2n) is 6.49. The van der Waals surface area contributed by atoms with Crippen molar-refractivity contribution < 1.29 is 0 Å². The first-order valence-corrected chi connectivity index (χ1v) is 10.4. The molecule has 2 aromatic carbocycles. The van der Waals surface area contributed by atoms with Crippen LogP contribution in [0.4, 0.5) is 0 Å². The van der Waals surface area contributed by atoms with Crippen molar-refractivity contribution in [3.63, 3.8) is 0 Å². The Morgan fingerprint density at radius 2 is 1.93 bits per heavy atom. The lowest BCUT2D eigenvalue weighted by molar-refractivity contribution is 0.517. The first-order valence-electron chi connectivity index (χ1n) is 8.75. The van der Waals surface area contributed by atoms with Crippen molar-refractivity contribution in [1.29, 1.82) is 0 Å². The minimum atomic E-state index is -0.267. The zero-order chi connectivity index (χ0) is 19.1. The van der Waals surface area contributed by atoms with Crippen molar-refractivity contribution in [1.82, 2.24) is 9.55 Å². The van der Waals surface area contributed by atoms with E-state index in [1.54, 1.807) is 10.6 Å². The minimum Gasteiger partial charge on any atom is -0.289 e. The summed E-state index contributed by atoms with van der Waals surface area (Å²) in [7, 11) is 0. The largest absolute Gasteiger partial charge is 0.289 e. The number of halogens is 1. The molecule has 0 bridgehead atoms. The summed E-state index contributed by atoms with van der Waals surface area (Å²) in [6.07, 6.45) is 0.763. The molecule has 6 heteroatoms. The molecule has 4 nitrogen and oxygen atoms in total. The molecule has 0 aliphatic heterocycles. The first kappa shape index (κ1) is 18.1. The Hall–Kier alpha value is -2.31. The highest BCUT2D eigenvalue weighted by Gasteiger charge is 2.20. The summed E-state index contributed by atoms with van der Waals surface area (Å²) in [5, 5.41) is 0.748. The van der Waals surface area contributed by atoms with E-state index in [2.05, 4.69) is 15.9 Å². The van der Waals surface area contributed by atoms with Gasteiger partial charge in [-0.2, -0.15) is 0 Å². The number of fused-ring (bicyclic) bond motifs is 2. The van der Waals surface area contributed by atoms with E-state index >= 15 is 0 Å². The lowest BCUT2D eigenvalue weighted by atomic mass is 10.1. The second kappa shape index (κ2) is 7.02. The van der Waals surface area contributed by atoms with E-state index < -0.39 is 0 Å². The van der Waals surface area contributed by atoms with E-state index in [0.717, 1.165) is 21.2 Å². The van der Waals surface area contributed by atoms with Gasteiger partial charge in [0.1, 0.15) is 16.0 Å². The summed E-state index contributed by atoms with van der Waals surface area (Å²) in [6.45, 7) is 4.00. The van der Waals surface area contributed by atoms with Gasteiger partial charge in [-0.1, -0.05) is 47.1 Å². The summed E-state index contributed by atoms with van der Waals surface area (Å²) in [4.78, 5) is 31.7. The second-order valence-corrected chi connectivity index (χ2v) is 8.43. The molecule has 0 amide bonds. The van der Waals surface area contributed by atoms with Crippen molar-refractivity contribution in [3.05, 3.63) is 73.6 Å². The molecule has 136 valence electrons. The summed E-state index contributed by atoms with van der Waals surface area (Å²) in [6, 6.07) is 15.0. The predicted molar refractivity (Wildman–Crippen MR) is 116 cm³/mol. The third kappa shape index (κ3) is 3.03. The highest BCUT2D eigenvalue weighted by atomic mass is 79.9. The third-order valence-corrected chi connectivity index (χ3v) is 6.32. The van der Waals surface area contributed by atoms with E-state index in [1.165, 1.54) is 11.3 Å². The monoisotopic (exact) mass is 440 g/mol. The van der Waals surface area contributed by atoms with Gasteiger partial charge < -0.3 is 0 Å². The van der Waals surface area contributed by atoms with Crippen molar-refractivity contribution in [2.24, 2.45) is 0 Å². The van der Waals surface area contributed by atoms with E-state index in [-0.39, 0.29) is 22.4 Å². The Labute approximate surface area is 168 Å². The van der Waals surface area contributed by atoms with Gasteiger partial charge >= 0.3 is 0 Å². The van der Waals surface area contributed by atoms with Gasteiger partial charge in [0.2, 0.25) is 5.43 Å². The highest BCUT2D eigenvalue weighted by molar-refractivity contribution is 9.10. The fourth-order valence-electron chi connectivity index (χ4n) is 3.19. The first-order chi connectivity index (χ1) is 13.0. The fourth-order valence-corrected chi connectivity index (χ4v) is 4.63. The number of nitrogens with zero attached hydrogens (tertiary/aromatic N) is 2. The molecule has 0 saturated carbocycles. The number of hydrogen-bond acceptors (Lipinski definition) is 4. The van der Waals surface area contributed by atoms with Crippen molar-refractivity contribution >= 4 is 47.6 Å². The molecule has 1 atom stereocenters. The molecule has 27 heavy (non-hydrogen) atoms. The van der Waals surface area contributed by atoms with Gasteiger partial charge in [0.05, 0.1) is 0 Å². The van der Waals surface area contributed by atoms with Gasteiger partial charge in [0, 0.05) is 26.2 Å². The molecule has 0 fully saturated rings. The average molecular weight is 441 g/mol. The Kier molecular flexibility index (Phi) is 4.70. The van der Waals surface area contributed by atoms with Crippen LogP contribution in [0, 0.1) is 0 Å². The van der Waals surface area contributed by atoms with Gasteiger partial charge in [0.25, 0.3) is 5.56 Å². The summed E-state index contributed by atoms with van der Waals surface area (Å²) in [5.74, 6) is 0.592. The van der Waals surface area contributed by atoms with Crippen LogP contribution in [-0.4, -0.2) is 9.55 Å². The minimum absolute atomic E-state index is 0.0701. The summed E-state index contributed by atoms with van der Waals surface area (Å²) >= 11 is 4.87. The molecular weight excluding hydrogens is 424 g/mol. The number of hydrogen-bond donors (Lipinski definition) is 0. The lowest BCUT2D eigenvalue weighted by Gasteiger charge is -2.18. The van der Waals surface area contributed by atoms with Gasteiger partial charge in [-0.3, -0.25) is 14.2 Å². The molecule has 2 heterocycles. The normalized spacial score (nSPS) is 12.6. The van der Waals surface area contributed by atoms with Crippen LogP contribution in [-0.2, 0) is 0 Å². The van der Waals surface area contributed by atoms with Gasteiger partial charge in [-0.15, -0.1) is 11.3 Å². The lowest BCUT2D eigenvalue weighted by Crippen LogP contribution is -2.29. The maximum atomic E-state index is 13.4. The highest BCUT2D eigenvalue weighted by Crippen LogP contribution is 2.28.